The summed E-state index contributed by atoms with van der Waals surface area (Å²) in [5.74, 6) is 0. The first-order valence-electron chi connectivity index (χ1n) is 5.16. The van der Waals surface area contributed by atoms with Crippen LogP contribution in [0.5, 0.6) is 0 Å². The molecule has 0 amide bonds. The Kier molecular flexibility index (Phi) is 2.99. The van der Waals surface area contributed by atoms with Crippen LogP contribution in [0, 0.1) is 6.92 Å². The summed E-state index contributed by atoms with van der Waals surface area (Å²) in [6.07, 6.45) is 1.80. The predicted octanol–water partition coefficient (Wildman–Crippen LogP) is 2.85. The minimum Gasteiger partial charge on any atom is -0.324 e. The quantitative estimate of drug-likeness (QED) is 0.870. The molecule has 1 heterocycles. The molecule has 0 radical (unpaired) electrons. The standard InChI is InChI=1S/C12H14ClN3/c1-8(14)10-5-3-4-6-12(10)16-7-11(13)9(2)15-16/h3-8H,14H2,1-2H3. The number of nitrogens with zero attached hydrogens (tertiary/aromatic N) is 2. The van der Waals surface area contributed by atoms with Crippen molar-refractivity contribution in [3.05, 3.63) is 46.7 Å². The molecular formula is C12H14ClN3. The van der Waals surface area contributed by atoms with E-state index in [4.69, 9.17) is 17.3 Å². The highest BCUT2D eigenvalue weighted by atomic mass is 35.5. The monoisotopic (exact) mass is 235 g/mol. The molecule has 2 rings (SSSR count). The lowest BCUT2D eigenvalue weighted by molar-refractivity contribution is 0.777. The van der Waals surface area contributed by atoms with Gasteiger partial charge in [-0.2, -0.15) is 5.10 Å². The second-order valence-electron chi connectivity index (χ2n) is 3.85. The number of para-hydroxylation sites is 1. The summed E-state index contributed by atoms with van der Waals surface area (Å²) < 4.78 is 1.77. The maximum atomic E-state index is 6.00. The van der Waals surface area contributed by atoms with Crippen LogP contribution in [0.4, 0.5) is 0 Å². The third-order valence-electron chi connectivity index (χ3n) is 2.51. The minimum atomic E-state index is -0.0283. The number of benzene rings is 1. The zero-order valence-electron chi connectivity index (χ0n) is 9.31. The highest BCUT2D eigenvalue weighted by Crippen LogP contribution is 2.22. The molecule has 1 atom stereocenters. The average Bonchev–Trinajstić information content (AvgIpc) is 2.59. The number of halogens is 1. The largest absolute Gasteiger partial charge is 0.324 e. The van der Waals surface area contributed by atoms with Crippen LogP contribution >= 0.6 is 11.6 Å². The van der Waals surface area contributed by atoms with Crippen LogP contribution in [0.25, 0.3) is 5.69 Å². The molecule has 1 aromatic carbocycles. The summed E-state index contributed by atoms with van der Waals surface area (Å²) in [4.78, 5) is 0. The fourth-order valence-electron chi connectivity index (χ4n) is 1.64. The molecule has 3 nitrogen and oxygen atoms in total. The lowest BCUT2D eigenvalue weighted by Crippen LogP contribution is -2.10. The third kappa shape index (κ3) is 1.96. The zero-order valence-corrected chi connectivity index (χ0v) is 10.1. The Morgan fingerprint density at radius 1 is 1.38 bits per heavy atom. The first-order chi connectivity index (χ1) is 7.59. The Labute approximate surface area is 99.8 Å². The van der Waals surface area contributed by atoms with Gasteiger partial charge >= 0.3 is 0 Å². The van der Waals surface area contributed by atoms with E-state index in [1.807, 2.05) is 38.1 Å². The van der Waals surface area contributed by atoms with Crippen molar-refractivity contribution >= 4 is 11.6 Å². The van der Waals surface area contributed by atoms with E-state index in [9.17, 15) is 0 Å². The van der Waals surface area contributed by atoms with Crippen molar-refractivity contribution in [2.75, 3.05) is 0 Å². The van der Waals surface area contributed by atoms with Gasteiger partial charge in [-0.25, -0.2) is 4.68 Å². The van der Waals surface area contributed by atoms with Gasteiger partial charge in [0.2, 0.25) is 0 Å². The Bertz CT molecular complexity index is 483. The number of hydrogen-bond acceptors (Lipinski definition) is 2. The molecule has 2 aromatic rings. The van der Waals surface area contributed by atoms with E-state index in [2.05, 4.69) is 5.10 Å². The van der Waals surface area contributed by atoms with E-state index in [-0.39, 0.29) is 6.04 Å². The third-order valence-corrected chi connectivity index (χ3v) is 2.88. The van der Waals surface area contributed by atoms with Crippen molar-refractivity contribution in [1.82, 2.24) is 9.78 Å². The molecule has 0 aliphatic rings. The van der Waals surface area contributed by atoms with Gasteiger partial charge in [-0.3, -0.25) is 0 Å². The van der Waals surface area contributed by atoms with Crippen LogP contribution in [-0.2, 0) is 0 Å². The lowest BCUT2D eigenvalue weighted by Gasteiger charge is -2.12. The van der Waals surface area contributed by atoms with Gasteiger partial charge in [0.1, 0.15) is 0 Å². The molecular weight excluding hydrogens is 222 g/mol. The van der Waals surface area contributed by atoms with Gasteiger partial charge in [-0.15, -0.1) is 0 Å². The summed E-state index contributed by atoms with van der Waals surface area (Å²) in [6.45, 7) is 3.84. The van der Waals surface area contributed by atoms with Gasteiger partial charge in [-0.1, -0.05) is 29.8 Å². The maximum Gasteiger partial charge on any atom is 0.0819 e. The van der Waals surface area contributed by atoms with Crippen LogP contribution in [0.3, 0.4) is 0 Å². The summed E-state index contributed by atoms with van der Waals surface area (Å²) in [5, 5.41) is 5.02. The maximum absolute atomic E-state index is 6.00. The van der Waals surface area contributed by atoms with E-state index in [0.29, 0.717) is 5.02 Å². The highest BCUT2D eigenvalue weighted by molar-refractivity contribution is 6.31. The van der Waals surface area contributed by atoms with E-state index in [0.717, 1.165) is 16.9 Å². The molecule has 0 aliphatic carbocycles. The fourth-order valence-corrected chi connectivity index (χ4v) is 1.77. The second-order valence-corrected chi connectivity index (χ2v) is 4.26. The smallest absolute Gasteiger partial charge is 0.0819 e. The molecule has 0 bridgehead atoms. The van der Waals surface area contributed by atoms with Crippen LogP contribution in [-0.4, -0.2) is 9.78 Å². The second kappa shape index (κ2) is 4.28. The number of aryl methyl sites for hydroxylation is 1. The average molecular weight is 236 g/mol. The van der Waals surface area contributed by atoms with Crippen LogP contribution in [0.1, 0.15) is 24.2 Å². The number of rotatable bonds is 2. The normalized spacial score (nSPS) is 12.8. The van der Waals surface area contributed by atoms with Crippen molar-refractivity contribution in [2.45, 2.75) is 19.9 Å². The van der Waals surface area contributed by atoms with Crippen molar-refractivity contribution < 1.29 is 0 Å². The van der Waals surface area contributed by atoms with E-state index >= 15 is 0 Å². The molecule has 1 aromatic heterocycles. The van der Waals surface area contributed by atoms with Gasteiger partial charge < -0.3 is 5.73 Å². The predicted molar refractivity (Wildman–Crippen MR) is 65.9 cm³/mol. The summed E-state index contributed by atoms with van der Waals surface area (Å²) in [7, 11) is 0. The Balaban J connectivity index is 2.55. The molecule has 0 aliphatic heterocycles. The van der Waals surface area contributed by atoms with Gasteiger partial charge in [0.15, 0.2) is 0 Å². The Morgan fingerprint density at radius 3 is 2.62 bits per heavy atom. The minimum absolute atomic E-state index is 0.0283. The summed E-state index contributed by atoms with van der Waals surface area (Å²) >= 11 is 6.00. The zero-order chi connectivity index (χ0) is 11.7. The molecule has 0 saturated heterocycles. The van der Waals surface area contributed by atoms with Gasteiger partial charge in [0.25, 0.3) is 0 Å². The van der Waals surface area contributed by atoms with Crippen molar-refractivity contribution in [3.8, 4) is 5.69 Å². The number of nitrogens with two attached hydrogens (primary N) is 1. The molecule has 4 heteroatoms. The van der Waals surface area contributed by atoms with Crippen LogP contribution in [0.2, 0.25) is 5.02 Å². The van der Waals surface area contributed by atoms with Crippen molar-refractivity contribution in [3.63, 3.8) is 0 Å². The van der Waals surface area contributed by atoms with Crippen molar-refractivity contribution in [2.24, 2.45) is 5.73 Å². The van der Waals surface area contributed by atoms with Crippen LogP contribution < -0.4 is 5.73 Å². The first-order valence-corrected chi connectivity index (χ1v) is 5.54. The number of hydrogen-bond donors (Lipinski definition) is 1. The molecule has 16 heavy (non-hydrogen) atoms. The van der Waals surface area contributed by atoms with Gasteiger partial charge in [-0.05, 0) is 25.5 Å². The van der Waals surface area contributed by atoms with E-state index < -0.39 is 0 Å². The van der Waals surface area contributed by atoms with E-state index in [1.165, 1.54) is 0 Å². The molecule has 0 saturated carbocycles. The molecule has 0 spiro atoms. The topological polar surface area (TPSA) is 43.8 Å². The Hall–Kier alpha value is -1.32. The van der Waals surface area contributed by atoms with Crippen LogP contribution in [0.15, 0.2) is 30.5 Å². The molecule has 1 unspecified atom stereocenters. The number of aromatic nitrogens is 2. The van der Waals surface area contributed by atoms with E-state index in [1.54, 1.807) is 10.9 Å². The summed E-state index contributed by atoms with van der Waals surface area (Å²) in [5.41, 5.74) is 8.78. The summed E-state index contributed by atoms with van der Waals surface area (Å²) in [6, 6.07) is 7.90. The first kappa shape index (κ1) is 11.2. The van der Waals surface area contributed by atoms with Gasteiger partial charge in [0, 0.05) is 12.2 Å². The van der Waals surface area contributed by atoms with Gasteiger partial charge in [0.05, 0.1) is 16.4 Å². The Morgan fingerprint density at radius 2 is 2.06 bits per heavy atom. The highest BCUT2D eigenvalue weighted by Gasteiger charge is 2.10. The SMILES string of the molecule is Cc1nn(-c2ccccc2C(C)N)cc1Cl. The fraction of sp³-hybridized carbons (Fsp3) is 0.250. The molecule has 2 N–H and O–H groups in total. The lowest BCUT2D eigenvalue weighted by atomic mass is 10.1. The molecule has 0 fully saturated rings. The molecule has 84 valence electrons. The van der Waals surface area contributed by atoms with Crippen molar-refractivity contribution in [1.29, 1.82) is 0 Å².